The van der Waals surface area contributed by atoms with E-state index in [0.717, 1.165) is 24.2 Å². The Morgan fingerprint density at radius 1 is 1.14 bits per heavy atom. The van der Waals surface area contributed by atoms with Crippen LogP contribution in [0.25, 0.3) is 0 Å². The zero-order chi connectivity index (χ0) is 30.1. The van der Waals surface area contributed by atoms with Gasteiger partial charge < -0.3 is 24.0 Å². The second-order valence-electron chi connectivity index (χ2n) is 11.0. The number of nitrogens with one attached hydrogen (secondary N) is 1. The molecule has 11 heteroatoms. The number of carbonyl (C=O) groups is 3. The summed E-state index contributed by atoms with van der Waals surface area (Å²) in [5.74, 6) is 0.375. The molecule has 2 aromatic rings. The van der Waals surface area contributed by atoms with Crippen molar-refractivity contribution in [3.63, 3.8) is 0 Å². The molecule has 3 heterocycles. The predicted molar refractivity (Wildman–Crippen MR) is 153 cm³/mol. The molecule has 222 valence electrons. The lowest BCUT2D eigenvalue weighted by Crippen LogP contribution is -2.52. The molecule has 2 fully saturated rings. The van der Waals surface area contributed by atoms with E-state index in [9.17, 15) is 24.0 Å². The lowest BCUT2D eigenvalue weighted by Gasteiger charge is -2.29. The van der Waals surface area contributed by atoms with Crippen molar-refractivity contribution >= 4 is 23.4 Å². The predicted octanol–water partition coefficient (Wildman–Crippen LogP) is 3.55. The van der Waals surface area contributed by atoms with Crippen LogP contribution in [-0.4, -0.2) is 67.7 Å². The lowest BCUT2D eigenvalue weighted by atomic mass is 10.0. The molecule has 2 saturated heterocycles. The molecule has 0 spiro atoms. The van der Waals surface area contributed by atoms with Gasteiger partial charge in [0.25, 0.3) is 5.91 Å². The third-order valence-corrected chi connectivity index (χ3v) is 8.27. The van der Waals surface area contributed by atoms with E-state index in [1.165, 1.54) is 18.1 Å². The second-order valence-corrected chi connectivity index (χ2v) is 11.0. The van der Waals surface area contributed by atoms with Crippen LogP contribution in [0.4, 0.5) is 10.1 Å². The van der Waals surface area contributed by atoms with Crippen LogP contribution < -0.4 is 19.7 Å². The van der Waals surface area contributed by atoms with Gasteiger partial charge in [-0.1, -0.05) is 12.1 Å². The molecular formula is C32H31FN4O6. The number of rotatable bonds is 8. The molecule has 0 radical (unpaired) electrons. The zero-order valence-electron chi connectivity index (χ0n) is 23.7. The number of ether oxygens (including phenoxy) is 3. The van der Waals surface area contributed by atoms with Crippen LogP contribution in [-0.2, 0) is 20.9 Å². The summed E-state index contributed by atoms with van der Waals surface area (Å²) in [7, 11) is 1.53. The number of allylic oxidation sites excluding steroid dienone is 2. The number of anilines is 1. The van der Waals surface area contributed by atoms with Gasteiger partial charge in [-0.2, -0.15) is 5.26 Å². The van der Waals surface area contributed by atoms with Crippen LogP contribution in [0.1, 0.15) is 47.2 Å². The van der Waals surface area contributed by atoms with E-state index in [1.807, 2.05) is 12.1 Å². The molecule has 10 nitrogen and oxygen atoms in total. The maximum atomic E-state index is 14.5. The number of nitriles is 1. The zero-order valence-corrected chi connectivity index (χ0v) is 23.7. The molecule has 43 heavy (non-hydrogen) atoms. The molecule has 3 amide bonds. The van der Waals surface area contributed by atoms with Crippen molar-refractivity contribution in [1.29, 1.82) is 5.26 Å². The van der Waals surface area contributed by atoms with Gasteiger partial charge in [0.2, 0.25) is 11.8 Å². The summed E-state index contributed by atoms with van der Waals surface area (Å²) in [5, 5.41) is 11.6. The number of fused-ring (bicyclic) bond motifs is 1. The normalized spacial score (nSPS) is 23.3. The van der Waals surface area contributed by atoms with Gasteiger partial charge in [-0.25, -0.2) is 4.39 Å². The lowest BCUT2D eigenvalue weighted by molar-refractivity contribution is -0.136. The van der Waals surface area contributed by atoms with Gasteiger partial charge in [0.05, 0.1) is 25.8 Å². The fraction of sp³-hybridized carbons (Fsp3) is 0.375. The minimum absolute atomic E-state index is 0.116. The number of hydrogen-bond donors (Lipinski definition) is 1. The third kappa shape index (κ3) is 5.65. The number of methoxy groups -OCH3 is 1. The maximum Gasteiger partial charge on any atom is 0.255 e. The van der Waals surface area contributed by atoms with Crippen molar-refractivity contribution in [2.75, 3.05) is 31.7 Å². The van der Waals surface area contributed by atoms with Gasteiger partial charge in [-0.3, -0.25) is 19.7 Å². The molecule has 3 aliphatic heterocycles. The Balaban J connectivity index is 1.11. The first-order chi connectivity index (χ1) is 20.8. The van der Waals surface area contributed by atoms with Gasteiger partial charge >= 0.3 is 0 Å². The van der Waals surface area contributed by atoms with Gasteiger partial charge in [0, 0.05) is 54.3 Å². The van der Waals surface area contributed by atoms with Crippen LogP contribution in [0.2, 0.25) is 0 Å². The van der Waals surface area contributed by atoms with Crippen molar-refractivity contribution in [3.05, 3.63) is 76.6 Å². The fourth-order valence-electron chi connectivity index (χ4n) is 6.00. The summed E-state index contributed by atoms with van der Waals surface area (Å²) in [5.41, 5.74) is 3.23. The molecule has 6 rings (SSSR count). The van der Waals surface area contributed by atoms with Crippen LogP contribution in [0, 0.1) is 11.3 Å². The number of benzene rings is 2. The van der Waals surface area contributed by atoms with Crippen LogP contribution in [0.5, 0.6) is 11.5 Å². The minimum Gasteiger partial charge on any atom is -0.495 e. The van der Waals surface area contributed by atoms with Gasteiger partial charge in [-0.15, -0.1) is 0 Å². The molecule has 2 unspecified atom stereocenters. The van der Waals surface area contributed by atoms with Crippen molar-refractivity contribution in [2.45, 2.75) is 50.5 Å². The Morgan fingerprint density at radius 3 is 2.79 bits per heavy atom. The van der Waals surface area contributed by atoms with E-state index < -0.39 is 18.1 Å². The number of carbonyl (C=O) groups excluding carboxylic acids is 3. The minimum atomic E-state index is -1.17. The highest BCUT2D eigenvalue weighted by Crippen LogP contribution is 2.35. The Bertz CT molecular complexity index is 1580. The first-order valence-electron chi connectivity index (χ1n) is 14.3. The van der Waals surface area contributed by atoms with E-state index in [2.05, 4.69) is 16.3 Å². The molecule has 0 saturated carbocycles. The quantitative estimate of drug-likeness (QED) is 0.467. The Kier molecular flexibility index (Phi) is 7.76. The monoisotopic (exact) mass is 586 g/mol. The highest BCUT2D eigenvalue weighted by atomic mass is 19.1. The number of nitrogens with zero attached hydrogens (tertiary/aromatic N) is 3. The van der Waals surface area contributed by atoms with Crippen molar-refractivity contribution in [1.82, 2.24) is 10.2 Å². The Morgan fingerprint density at radius 2 is 2.00 bits per heavy atom. The average molecular weight is 587 g/mol. The highest BCUT2D eigenvalue weighted by Gasteiger charge is 2.40. The molecule has 0 bridgehead atoms. The first-order valence-corrected chi connectivity index (χ1v) is 14.3. The largest absolute Gasteiger partial charge is 0.495 e. The van der Waals surface area contributed by atoms with Gasteiger partial charge in [0.1, 0.15) is 48.3 Å². The summed E-state index contributed by atoms with van der Waals surface area (Å²) >= 11 is 0. The summed E-state index contributed by atoms with van der Waals surface area (Å²) in [6, 6.07) is 12.1. The number of hydrogen-bond acceptors (Lipinski definition) is 8. The Hall–Kier alpha value is -4.85. The van der Waals surface area contributed by atoms with Crippen molar-refractivity contribution < 1.29 is 33.0 Å². The average Bonchev–Trinajstić information content (AvgIpc) is 3.61. The van der Waals surface area contributed by atoms with E-state index in [1.54, 1.807) is 30.3 Å². The second kappa shape index (κ2) is 11.8. The number of imide groups is 1. The third-order valence-electron chi connectivity index (χ3n) is 8.27. The highest BCUT2D eigenvalue weighted by molar-refractivity contribution is 6.05. The molecule has 0 aromatic heterocycles. The smallest absolute Gasteiger partial charge is 0.255 e. The number of halogens is 1. The van der Waals surface area contributed by atoms with E-state index >= 15 is 0 Å². The maximum absolute atomic E-state index is 14.5. The van der Waals surface area contributed by atoms with E-state index in [4.69, 9.17) is 14.2 Å². The van der Waals surface area contributed by atoms with E-state index in [0.29, 0.717) is 40.5 Å². The molecule has 1 aliphatic carbocycles. The molecule has 3 atom stereocenters. The molecular weight excluding hydrogens is 555 g/mol. The van der Waals surface area contributed by atoms with Crippen molar-refractivity contribution in [2.24, 2.45) is 0 Å². The van der Waals surface area contributed by atoms with Crippen LogP contribution >= 0.6 is 0 Å². The fourth-order valence-corrected chi connectivity index (χ4v) is 6.00. The topological polar surface area (TPSA) is 121 Å². The summed E-state index contributed by atoms with van der Waals surface area (Å²) in [4.78, 5) is 40.8. The summed E-state index contributed by atoms with van der Waals surface area (Å²) in [6.45, 7) is 1.63. The Labute approximate surface area is 248 Å². The number of piperidine rings is 1. The van der Waals surface area contributed by atoms with Crippen LogP contribution in [0.3, 0.4) is 0 Å². The first kappa shape index (κ1) is 28.3. The van der Waals surface area contributed by atoms with Gasteiger partial charge in [0.15, 0.2) is 0 Å². The SMILES string of the molecule is COc1cc(N2CC[C@H](OC3=CC(F)CC=C3COc3cccc4c3CN(C3CCC(=O)NC3=O)C4=O)C2)ccc1C#N. The van der Waals surface area contributed by atoms with Gasteiger partial charge in [-0.05, 0) is 36.8 Å². The number of amides is 3. The van der Waals surface area contributed by atoms with Crippen molar-refractivity contribution in [3.8, 4) is 17.6 Å². The summed E-state index contributed by atoms with van der Waals surface area (Å²) in [6.07, 6.45) is 3.32. The number of alkyl halides is 1. The molecule has 4 aliphatic rings. The van der Waals surface area contributed by atoms with Crippen LogP contribution in [0.15, 0.2) is 59.9 Å². The standard InChI is InChI=1S/C32H31FN4O6/c1-41-28-14-22(8-6-19(28)15-34)36-12-11-23(16-36)43-29-13-21(33)7-5-20(29)18-42-27-4-2-3-24-25(27)17-37(32(24)40)26-9-10-30(38)35-31(26)39/h2-6,8,13-14,21,23,26H,7,9-12,16-18H2,1H3,(H,35,38,39)/t21?,23-,26?/m0/s1. The summed E-state index contributed by atoms with van der Waals surface area (Å²) < 4.78 is 32.3. The van der Waals surface area contributed by atoms with E-state index in [-0.39, 0.29) is 50.3 Å². The molecule has 2 aromatic carbocycles. The molecule has 1 N–H and O–H groups in total.